The van der Waals surface area contributed by atoms with Crippen molar-refractivity contribution >= 4 is 40.3 Å². The van der Waals surface area contributed by atoms with Crippen LogP contribution in [-0.2, 0) is 4.79 Å². The molecule has 0 saturated carbocycles. The summed E-state index contributed by atoms with van der Waals surface area (Å²) in [5.41, 5.74) is 6.58. The van der Waals surface area contributed by atoms with Gasteiger partial charge in [0.1, 0.15) is 5.82 Å². The number of nitrogen functional groups attached to an aromatic ring is 1. The van der Waals surface area contributed by atoms with Gasteiger partial charge < -0.3 is 11.1 Å². The van der Waals surface area contributed by atoms with Crippen molar-refractivity contribution < 1.29 is 4.79 Å². The number of rotatable bonds is 1. The first-order valence-electron chi connectivity index (χ1n) is 5.99. The maximum atomic E-state index is 12.1. The Labute approximate surface area is 127 Å². The van der Waals surface area contributed by atoms with Gasteiger partial charge in [0.25, 0.3) is 5.56 Å². The average Bonchev–Trinajstić information content (AvgIpc) is 2.37. The molecule has 0 fully saturated rings. The SMILES string of the molecule is Nc1nc2c(c(=O)[nH]1)C(c1ccc(I)cc1)CC(=O)N2. The van der Waals surface area contributed by atoms with Crippen LogP contribution in [0.1, 0.15) is 23.5 Å². The number of carbonyl (C=O) groups excluding carboxylic acids is 1. The lowest BCUT2D eigenvalue weighted by molar-refractivity contribution is -0.116. The van der Waals surface area contributed by atoms with Crippen molar-refractivity contribution in [3.8, 4) is 0 Å². The molecule has 0 aliphatic carbocycles. The molecule has 1 aliphatic rings. The first-order valence-corrected chi connectivity index (χ1v) is 7.07. The zero-order valence-electron chi connectivity index (χ0n) is 10.3. The Balaban J connectivity index is 2.17. The summed E-state index contributed by atoms with van der Waals surface area (Å²) in [7, 11) is 0. The number of nitrogens with one attached hydrogen (secondary N) is 2. The van der Waals surface area contributed by atoms with Crippen LogP contribution in [0.5, 0.6) is 0 Å². The fourth-order valence-corrected chi connectivity index (χ4v) is 2.73. The summed E-state index contributed by atoms with van der Waals surface area (Å²) in [6.07, 6.45) is 0.224. The van der Waals surface area contributed by atoms with E-state index in [1.165, 1.54) is 0 Å². The number of hydrogen-bond acceptors (Lipinski definition) is 4. The molecule has 20 heavy (non-hydrogen) atoms. The number of H-pyrrole nitrogens is 1. The van der Waals surface area contributed by atoms with E-state index in [1.54, 1.807) is 0 Å². The van der Waals surface area contributed by atoms with Crippen LogP contribution in [0, 0.1) is 3.57 Å². The smallest absolute Gasteiger partial charge is 0.258 e. The largest absolute Gasteiger partial charge is 0.369 e. The fraction of sp³-hybridized carbons (Fsp3) is 0.154. The lowest BCUT2D eigenvalue weighted by Gasteiger charge is -2.24. The highest BCUT2D eigenvalue weighted by molar-refractivity contribution is 14.1. The molecule has 1 amide bonds. The molecule has 0 spiro atoms. The van der Waals surface area contributed by atoms with Gasteiger partial charge in [-0.2, -0.15) is 4.98 Å². The maximum Gasteiger partial charge on any atom is 0.258 e. The monoisotopic (exact) mass is 382 g/mol. The van der Waals surface area contributed by atoms with Crippen molar-refractivity contribution in [1.29, 1.82) is 0 Å². The number of hydrogen-bond donors (Lipinski definition) is 3. The molecule has 0 saturated heterocycles. The molecule has 0 radical (unpaired) electrons. The summed E-state index contributed by atoms with van der Waals surface area (Å²) in [5, 5.41) is 2.60. The van der Waals surface area contributed by atoms with Crippen LogP contribution < -0.4 is 16.6 Å². The van der Waals surface area contributed by atoms with Crippen LogP contribution in [0.4, 0.5) is 11.8 Å². The standard InChI is InChI=1S/C13H11IN4O2/c14-7-3-1-6(2-4-7)8-5-9(19)16-11-10(8)12(20)18-13(15)17-11/h1-4,8H,5H2,(H4,15,16,17,18,19,20). The number of nitrogens with two attached hydrogens (primary N) is 1. The molecule has 1 aromatic heterocycles. The Morgan fingerprint density at radius 2 is 1.95 bits per heavy atom. The number of aromatic nitrogens is 2. The van der Waals surface area contributed by atoms with E-state index in [4.69, 9.17) is 5.73 Å². The predicted octanol–water partition coefficient (Wildman–Crippen LogP) is 1.43. The Bertz CT molecular complexity index is 739. The fourth-order valence-electron chi connectivity index (χ4n) is 2.37. The van der Waals surface area contributed by atoms with Gasteiger partial charge in [0.2, 0.25) is 11.9 Å². The Morgan fingerprint density at radius 1 is 1.25 bits per heavy atom. The Kier molecular flexibility index (Phi) is 3.20. The molecule has 2 heterocycles. The molecular weight excluding hydrogens is 371 g/mol. The lowest BCUT2D eigenvalue weighted by Crippen LogP contribution is -2.31. The van der Waals surface area contributed by atoms with Gasteiger partial charge in [-0.3, -0.25) is 14.6 Å². The average molecular weight is 382 g/mol. The number of fused-ring (bicyclic) bond motifs is 1. The van der Waals surface area contributed by atoms with Gasteiger partial charge >= 0.3 is 0 Å². The zero-order chi connectivity index (χ0) is 14.3. The van der Waals surface area contributed by atoms with E-state index in [2.05, 4.69) is 37.9 Å². The molecular formula is C13H11IN4O2. The first-order chi connectivity index (χ1) is 9.54. The topological polar surface area (TPSA) is 101 Å². The molecule has 2 aromatic rings. The summed E-state index contributed by atoms with van der Waals surface area (Å²) in [5.74, 6) is -0.213. The number of nitrogens with zero attached hydrogens (tertiary/aromatic N) is 1. The lowest BCUT2D eigenvalue weighted by atomic mass is 9.87. The summed E-state index contributed by atoms with van der Waals surface area (Å²) in [6, 6.07) is 7.73. The van der Waals surface area contributed by atoms with Crippen LogP contribution in [0.2, 0.25) is 0 Å². The number of amides is 1. The van der Waals surface area contributed by atoms with Crippen LogP contribution in [0.3, 0.4) is 0 Å². The number of anilines is 2. The first kappa shape index (κ1) is 13.1. The van der Waals surface area contributed by atoms with Crippen LogP contribution in [0.25, 0.3) is 0 Å². The minimum atomic E-state index is -0.309. The summed E-state index contributed by atoms with van der Waals surface area (Å²) in [6.45, 7) is 0. The van der Waals surface area contributed by atoms with E-state index < -0.39 is 0 Å². The highest BCUT2D eigenvalue weighted by Crippen LogP contribution is 2.33. The molecule has 1 aliphatic heterocycles. The second-order valence-corrected chi connectivity index (χ2v) is 5.82. The molecule has 102 valence electrons. The van der Waals surface area contributed by atoms with E-state index in [9.17, 15) is 9.59 Å². The van der Waals surface area contributed by atoms with Crippen molar-refractivity contribution in [2.45, 2.75) is 12.3 Å². The Hall–Kier alpha value is -1.90. The highest BCUT2D eigenvalue weighted by Gasteiger charge is 2.30. The molecule has 3 rings (SSSR count). The number of aromatic amines is 1. The molecule has 1 aromatic carbocycles. The van der Waals surface area contributed by atoms with E-state index in [1.807, 2.05) is 24.3 Å². The van der Waals surface area contributed by atoms with Crippen molar-refractivity contribution in [2.24, 2.45) is 0 Å². The van der Waals surface area contributed by atoms with E-state index in [0.717, 1.165) is 9.13 Å². The maximum absolute atomic E-state index is 12.1. The minimum Gasteiger partial charge on any atom is -0.369 e. The minimum absolute atomic E-state index is 0.00249. The van der Waals surface area contributed by atoms with Gasteiger partial charge in [-0.1, -0.05) is 12.1 Å². The van der Waals surface area contributed by atoms with Gasteiger partial charge in [-0.05, 0) is 40.3 Å². The van der Waals surface area contributed by atoms with Gasteiger partial charge in [0.15, 0.2) is 0 Å². The van der Waals surface area contributed by atoms with Crippen molar-refractivity contribution in [2.75, 3.05) is 11.1 Å². The van der Waals surface area contributed by atoms with Gasteiger partial charge in [-0.15, -0.1) is 0 Å². The highest BCUT2D eigenvalue weighted by atomic mass is 127. The van der Waals surface area contributed by atoms with Gasteiger partial charge in [0.05, 0.1) is 5.56 Å². The number of benzene rings is 1. The molecule has 1 unspecified atom stereocenters. The van der Waals surface area contributed by atoms with Crippen molar-refractivity contribution in [1.82, 2.24) is 9.97 Å². The quantitative estimate of drug-likeness (QED) is 0.650. The summed E-state index contributed by atoms with van der Waals surface area (Å²) < 4.78 is 1.09. The predicted molar refractivity (Wildman–Crippen MR) is 83.5 cm³/mol. The van der Waals surface area contributed by atoms with Crippen molar-refractivity contribution in [3.63, 3.8) is 0 Å². The second-order valence-electron chi connectivity index (χ2n) is 4.57. The summed E-state index contributed by atoms with van der Waals surface area (Å²) >= 11 is 2.21. The third-order valence-corrected chi connectivity index (χ3v) is 3.96. The second kappa shape index (κ2) is 4.89. The number of halogens is 1. The summed E-state index contributed by atoms with van der Waals surface area (Å²) in [4.78, 5) is 30.4. The van der Waals surface area contributed by atoms with Gasteiger partial charge in [-0.25, -0.2) is 0 Å². The van der Waals surface area contributed by atoms with E-state index in [-0.39, 0.29) is 35.6 Å². The normalized spacial score (nSPS) is 17.4. The number of carbonyl (C=O) groups is 1. The third-order valence-electron chi connectivity index (χ3n) is 3.24. The Morgan fingerprint density at radius 3 is 2.65 bits per heavy atom. The molecule has 1 atom stereocenters. The van der Waals surface area contributed by atoms with E-state index >= 15 is 0 Å². The van der Waals surface area contributed by atoms with Crippen LogP contribution in [-0.4, -0.2) is 15.9 Å². The van der Waals surface area contributed by atoms with Gasteiger partial charge in [0, 0.05) is 15.9 Å². The molecule has 6 nitrogen and oxygen atoms in total. The molecule has 0 bridgehead atoms. The molecule has 7 heteroatoms. The zero-order valence-corrected chi connectivity index (χ0v) is 12.5. The third kappa shape index (κ3) is 2.28. The van der Waals surface area contributed by atoms with E-state index in [0.29, 0.717) is 5.56 Å². The van der Waals surface area contributed by atoms with Crippen LogP contribution in [0.15, 0.2) is 29.1 Å². The van der Waals surface area contributed by atoms with Crippen LogP contribution >= 0.6 is 22.6 Å². The van der Waals surface area contributed by atoms with Crippen molar-refractivity contribution in [3.05, 3.63) is 49.3 Å². The molecule has 4 N–H and O–H groups in total.